The molecular formula is C15H21N3O3. The molecule has 1 unspecified atom stereocenters. The number of carbonyl (C=O) groups excluding carboxylic acids is 1. The van der Waals surface area contributed by atoms with Crippen LogP contribution in [0.4, 0.5) is 0 Å². The number of hydrogen-bond acceptors (Lipinski definition) is 3. The third-order valence-corrected chi connectivity index (χ3v) is 4.69. The van der Waals surface area contributed by atoms with E-state index in [9.17, 15) is 9.59 Å². The number of H-pyrrole nitrogens is 1. The third kappa shape index (κ3) is 2.94. The Hall–Kier alpha value is -1.85. The van der Waals surface area contributed by atoms with Gasteiger partial charge >= 0.3 is 5.97 Å². The second kappa shape index (κ2) is 5.87. The van der Waals surface area contributed by atoms with Crippen LogP contribution < -0.4 is 0 Å². The Balaban J connectivity index is 1.65. The van der Waals surface area contributed by atoms with Crippen molar-refractivity contribution in [2.45, 2.75) is 44.4 Å². The van der Waals surface area contributed by atoms with Gasteiger partial charge in [0.2, 0.25) is 0 Å². The molecular weight excluding hydrogens is 270 g/mol. The average Bonchev–Trinajstić information content (AvgIpc) is 3.17. The maximum atomic E-state index is 12.4. The zero-order valence-electron chi connectivity index (χ0n) is 12.0. The molecule has 1 saturated heterocycles. The number of carboxylic acid groups (broad SMARTS) is 1. The lowest BCUT2D eigenvalue weighted by molar-refractivity contribution is -0.141. The molecule has 2 N–H and O–H groups in total. The molecule has 3 rings (SSSR count). The first kappa shape index (κ1) is 14.1. The van der Waals surface area contributed by atoms with E-state index in [2.05, 4.69) is 10.2 Å². The second-order valence-electron chi connectivity index (χ2n) is 6.12. The van der Waals surface area contributed by atoms with Crippen molar-refractivity contribution in [3.63, 3.8) is 0 Å². The highest BCUT2D eigenvalue weighted by Gasteiger charge is 2.32. The maximum Gasteiger partial charge on any atom is 0.308 e. The van der Waals surface area contributed by atoms with E-state index in [-0.39, 0.29) is 5.91 Å². The van der Waals surface area contributed by atoms with Gasteiger partial charge in [-0.2, -0.15) is 5.10 Å². The topological polar surface area (TPSA) is 86.3 Å². The number of nitrogens with one attached hydrogen (secondary N) is 1. The summed E-state index contributed by atoms with van der Waals surface area (Å²) in [5.41, 5.74) is 1.47. The highest BCUT2D eigenvalue weighted by molar-refractivity contribution is 5.93. The number of rotatable bonds is 3. The number of carbonyl (C=O) groups is 2. The highest BCUT2D eigenvalue weighted by atomic mass is 16.4. The van der Waals surface area contributed by atoms with E-state index in [1.807, 2.05) is 6.07 Å². The van der Waals surface area contributed by atoms with Crippen molar-refractivity contribution in [1.29, 1.82) is 0 Å². The van der Waals surface area contributed by atoms with E-state index in [1.165, 1.54) is 19.3 Å². The van der Waals surface area contributed by atoms with Crippen LogP contribution in [0.25, 0.3) is 0 Å². The molecule has 1 amide bonds. The fourth-order valence-corrected chi connectivity index (χ4v) is 3.38. The fraction of sp³-hybridized carbons (Fsp3) is 0.667. The molecule has 6 heteroatoms. The molecule has 6 nitrogen and oxygen atoms in total. The molecule has 0 bridgehead atoms. The molecule has 1 aliphatic heterocycles. The minimum Gasteiger partial charge on any atom is -0.481 e. The number of carboxylic acids is 1. The average molecular weight is 291 g/mol. The summed E-state index contributed by atoms with van der Waals surface area (Å²) in [5.74, 6) is -0.934. The number of aromatic amines is 1. The van der Waals surface area contributed by atoms with E-state index >= 15 is 0 Å². The first-order valence-electron chi connectivity index (χ1n) is 7.72. The number of aliphatic carboxylic acids is 1. The summed E-state index contributed by atoms with van der Waals surface area (Å²) in [6, 6.07) is 1.85. The molecule has 2 heterocycles. The second-order valence-corrected chi connectivity index (χ2v) is 6.12. The van der Waals surface area contributed by atoms with E-state index in [1.54, 1.807) is 4.90 Å². The largest absolute Gasteiger partial charge is 0.481 e. The van der Waals surface area contributed by atoms with Crippen molar-refractivity contribution in [2.24, 2.45) is 5.92 Å². The lowest BCUT2D eigenvalue weighted by atomic mass is 9.87. The Morgan fingerprint density at radius 2 is 2.00 bits per heavy atom. The SMILES string of the molecule is O=C(O)C1CCN(C(=O)c2cc(C3CCCCC3)[nH]n2)C1. The molecule has 1 aromatic heterocycles. The number of hydrogen-bond donors (Lipinski definition) is 2. The summed E-state index contributed by atoms with van der Waals surface area (Å²) in [6.45, 7) is 0.793. The van der Waals surface area contributed by atoms with Crippen LogP contribution in [-0.2, 0) is 4.79 Å². The van der Waals surface area contributed by atoms with Gasteiger partial charge in [-0.25, -0.2) is 0 Å². The van der Waals surface area contributed by atoms with Crippen LogP contribution in [0.15, 0.2) is 6.07 Å². The number of likely N-dealkylation sites (tertiary alicyclic amines) is 1. The quantitative estimate of drug-likeness (QED) is 0.892. The summed E-state index contributed by atoms with van der Waals surface area (Å²) in [6.07, 6.45) is 6.60. The molecule has 0 spiro atoms. The van der Waals surface area contributed by atoms with Crippen LogP contribution in [0.2, 0.25) is 0 Å². The van der Waals surface area contributed by atoms with Crippen LogP contribution in [0, 0.1) is 5.92 Å². The van der Waals surface area contributed by atoms with Gasteiger partial charge in [-0.1, -0.05) is 19.3 Å². The van der Waals surface area contributed by atoms with Crippen molar-refractivity contribution in [2.75, 3.05) is 13.1 Å². The van der Waals surface area contributed by atoms with Gasteiger partial charge in [0.25, 0.3) is 5.91 Å². The lowest BCUT2D eigenvalue weighted by Gasteiger charge is -2.19. The van der Waals surface area contributed by atoms with Crippen LogP contribution in [0.3, 0.4) is 0 Å². The van der Waals surface area contributed by atoms with Gasteiger partial charge in [-0.05, 0) is 25.3 Å². The molecule has 1 aromatic rings. The van der Waals surface area contributed by atoms with Crippen molar-refractivity contribution in [3.8, 4) is 0 Å². The zero-order chi connectivity index (χ0) is 14.8. The van der Waals surface area contributed by atoms with E-state index < -0.39 is 11.9 Å². The van der Waals surface area contributed by atoms with E-state index in [0.717, 1.165) is 18.5 Å². The van der Waals surface area contributed by atoms with Gasteiger partial charge in [0.1, 0.15) is 5.69 Å². The van der Waals surface area contributed by atoms with Gasteiger partial charge in [0.15, 0.2) is 0 Å². The monoisotopic (exact) mass is 291 g/mol. The zero-order valence-corrected chi connectivity index (χ0v) is 12.0. The molecule has 1 atom stereocenters. The van der Waals surface area contributed by atoms with Crippen LogP contribution in [0.5, 0.6) is 0 Å². The van der Waals surface area contributed by atoms with Crippen molar-refractivity contribution in [1.82, 2.24) is 15.1 Å². The van der Waals surface area contributed by atoms with E-state index in [4.69, 9.17) is 5.11 Å². The predicted molar refractivity (Wildman–Crippen MR) is 76.1 cm³/mol. The van der Waals surface area contributed by atoms with Crippen molar-refractivity contribution >= 4 is 11.9 Å². The summed E-state index contributed by atoms with van der Waals surface area (Å²) in [5, 5.41) is 16.1. The maximum absolute atomic E-state index is 12.4. The Labute approximate surface area is 123 Å². The Morgan fingerprint density at radius 1 is 1.24 bits per heavy atom. The number of aromatic nitrogens is 2. The molecule has 2 fully saturated rings. The van der Waals surface area contributed by atoms with Crippen LogP contribution >= 0.6 is 0 Å². The van der Waals surface area contributed by atoms with Gasteiger partial charge in [-0.3, -0.25) is 14.7 Å². The highest BCUT2D eigenvalue weighted by Crippen LogP contribution is 2.32. The third-order valence-electron chi connectivity index (χ3n) is 4.69. The molecule has 1 aliphatic carbocycles. The van der Waals surface area contributed by atoms with Crippen molar-refractivity contribution < 1.29 is 14.7 Å². The van der Waals surface area contributed by atoms with Crippen LogP contribution in [-0.4, -0.2) is 45.2 Å². The van der Waals surface area contributed by atoms with Gasteiger partial charge in [0, 0.05) is 24.7 Å². The Bertz CT molecular complexity index is 534. The summed E-state index contributed by atoms with van der Waals surface area (Å²) >= 11 is 0. The summed E-state index contributed by atoms with van der Waals surface area (Å²) < 4.78 is 0. The van der Waals surface area contributed by atoms with Crippen molar-refractivity contribution in [3.05, 3.63) is 17.5 Å². The summed E-state index contributed by atoms with van der Waals surface area (Å²) in [4.78, 5) is 24.9. The lowest BCUT2D eigenvalue weighted by Crippen LogP contribution is -2.30. The molecule has 0 aromatic carbocycles. The van der Waals surface area contributed by atoms with Gasteiger partial charge < -0.3 is 10.0 Å². The minimum absolute atomic E-state index is 0.156. The van der Waals surface area contributed by atoms with Crippen LogP contribution in [0.1, 0.15) is 60.6 Å². The molecule has 21 heavy (non-hydrogen) atoms. The molecule has 1 saturated carbocycles. The van der Waals surface area contributed by atoms with Gasteiger partial charge in [-0.15, -0.1) is 0 Å². The number of amides is 1. The fourth-order valence-electron chi connectivity index (χ4n) is 3.38. The van der Waals surface area contributed by atoms with E-state index in [0.29, 0.717) is 31.1 Å². The Kier molecular flexibility index (Phi) is 3.94. The molecule has 0 radical (unpaired) electrons. The normalized spacial score (nSPS) is 23.4. The first-order chi connectivity index (χ1) is 10.1. The number of nitrogens with zero attached hydrogens (tertiary/aromatic N) is 2. The van der Waals surface area contributed by atoms with Gasteiger partial charge in [0.05, 0.1) is 5.92 Å². The smallest absolute Gasteiger partial charge is 0.308 e. The summed E-state index contributed by atoms with van der Waals surface area (Å²) in [7, 11) is 0. The minimum atomic E-state index is -0.824. The molecule has 2 aliphatic rings. The predicted octanol–water partition coefficient (Wildman–Crippen LogP) is 2.00. The standard InChI is InChI=1S/C15H21N3O3/c19-14(18-7-6-11(9-18)15(20)21)13-8-12(16-17-13)10-4-2-1-3-5-10/h8,10-11H,1-7,9H2,(H,16,17)(H,20,21). The molecule has 114 valence electrons. The first-order valence-corrected chi connectivity index (χ1v) is 7.72. The Morgan fingerprint density at radius 3 is 2.67 bits per heavy atom.